The maximum Gasteiger partial charge on any atom is 0.260 e. The second kappa shape index (κ2) is 6.02. The Bertz CT molecular complexity index is 461. The molecule has 104 valence electrons. The molecule has 1 aliphatic rings. The summed E-state index contributed by atoms with van der Waals surface area (Å²) in [5.41, 5.74) is 0.712. The van der Waals surface area contributed by atoms with Gasteiger partial charge < -0.3 is 15.0 Å². The summed E-state index contributed by atoms with van der Waals surface area (Å²) in [6, 6.07) is 4.69. The molecule has 1 amide bonds. The SMILES string of the molecule is CNCc1cc(F)ccc1OCC(=O)N(C)C1CC1. The Hall–Kier alpha value is -1.62. The second-order valence-corrected chi connectivity index (χ2v) is 4.81. The molecule has 0 bridgehead atoms. The highest BCUT2D eigenvalue weighted by atomic mass is 19.1. The van der Waals surface area contributed by atoms with E-state index in [4.69, 9.17) is 4.74 Å². The van der Waals surface area contributed by atoms with Gasteiger partial charge in [-0.2, -0.15) is 0 Å². The minimum Gasteiger partial charge on any atom is -0.483 e. The fourth-order valence-corrected chi connectivity index (χ4v) is 1.92. The first-order valence-electron chi connectivity index (χ1n) is 6.43. The number of benzene rings is 1. The molecule has 0 heterocycles. The van der Waals surface area contributed by atoms with Gasteiger partial charge in [0.1, 0.15) is 11.6 Å². The van der Waals surface area contributed by atoms with Crippen molar-refractivity contribution in [3.05, 3.63) is 29.6 Å². The smallest absolute Gasteiger partial charge is 0.260 e. The highest BCUT2D eigenvalue weighted by Crippen LogP contribution is 2.25. The number of hydrogen-bond acceptors (Lipinski definition) is 3. The molecule has 2 rings (SSSR count). The molecular formula is C14H19FN2O2. The molecule has 19 heavy (non-hydrogen) atoms. The van der Waals surface area contributed by atoms with Crippen molar-refractivity contribution in [3.63, 3.8) is 0 Å². The summed E-state index contributed by atoms with van der Waals surface area (Å²) in [6.45, 7) is 0.495. The Morgan fingerprint density at radius 2 is 2.26 bits per heavy atom. The number of likely N-dealkylation sites (N-methyl/N-ethyl adjacent to an activating group) is 1. The molecule has 1 fully saturated rings. The van der Waals surface area contributed by atoms with E-state index in [-0.39, 0.29) is 18.3 Å². The Kier molecular flexibility index (Phi) is 4.37. The summed E-state index contributed by atoms with van der Waals surface area (Å²) in [4.78, 5) is 13.6. The van der Waals surface area contributed by atoms with Gasteiger partial charge in [-0.25, -0.2) is 4.39 Å². The normalized spacial score (nSPS) is 14.3. The summed E-state index contributed by atoms with van der Waals surface area (Å²) < 4.78 is 18.7. The molecule has 1 aromatic carbocycles. The highest BCUT2D eigenvalue weighted by molar-refractivity contribution is 5.78. The van der Waals surface area contributed by atoms with Gasteiger partial charge in [0, 0.05) is 25.2 Å². The Balaban J connectivity index is 1.96. The van der Waals surface area contributed by atoms with Gasteiger partial charge >= 0.3 is 0 Å². The topological polar surface area (TPSA) is 41.6 Å². The molecule has 1 saturated carbocycles. The zero-order chi connectivity index (χ0) is 13.8. The second-order valence-electron chi connectivity index (χ2n) is 4.81. The zero-order valence-electron chi connectivity index (χ0n) is 11.3. The lowest BCUT2D eigenvalue weighted by molar-refractivity contribution is -0.132. The average Bonchev–Trinajstić information content (AvgIpc) is 3.21. The van der Waals surface area contributed by atoms with Gasteiger partial charge in [0.2, 0.25) is 0 Å². The maximum atomic E-state index is 13.2. The van der Waals surface area contributed by atoms with Crippen LogP contribution in [0.4, 0.5) is 4.39 Å². The van der Waals surface area contributed by atoms with Gasteiger partial charge in [-0.15, -0.1) is 0 Å². The summed E-state index contributed by atoms with van der Waals surface area (Å²) in [7, 11) is 3.57. The predicted octanol–water partition coefficient (Wildman–Crippen LogP) is 1.54. The van der Waals surface area contributed by atoms with Crippen molar-refractivity contribution >= 4 is 5.91 Å². The van der Waals surface area contributed by atoms with Crippen LogP contribution in [-0.2, 0) is 11.3 Å². The number of hydrogen-bond donors (Lipinski definition) is 1. The molecule has 0 spiro atoms. The van der Waals surface area contributed by atoms with Gasteiger partial charge in [0.25, 0.3) is 5.91 Å². The molecule has 1 N–H and O–H groups in total. The van der Waals surface area contributed by atoms with Crippen LogP contribution in [-0.4, -0.2) is 37.6 Å². The van der Waals surface area contributed by atoms with E-state index in [0.29, 0.717) is 23.9 Å². The minimum absolute atomic E-state index is 0.00462. The van der Waals surface area contributed by atoms with Crippen molar-refractivity contribution < 1.29 is 13.9 Å². The highest BCUT2D eigenvalue weighted by Gasteiger charge is 2.29. The number of ether oxygens (including phenoxy) is 1. The third kappa shape index (κ3) is 3.67. The lowest BCUT2D eigenvalue weighted by atomic mass is 10.2. The Labute approximate surface area is 112 Å². The standard InChI is InChI=1S/C14H19FN2O2/c1-16-8-10-7-11(15)3-6-13(10)19-9-14(18)17(2)12-4-5-12/h3,6-7,12,16H,4-5,8-9H2,1-2H3. The van der Waals surface area contributed by atoms with E-state index in [9.17, 15) is 9.18 Å². The lowest BCUT2D eigenvalue weighted by Crippen LogP contribution is -2.33. The van der Waals surface area contributed by atoms with Crippen LogP contribution in [0.3, 0.4) is 0 Å². The van der Waals surface area contributed by atoms with Crippen LogP contribution in [0.25, 0.3) is 0 Å². The van der Waals surface area contributed by atoms with E-state index < -0.39 is 0 Å². The van der Waals surface area contributed by atoms with Crippen LogP contribution in [0.1, 0.15) is 18.4 Å². The molecule has 1 aromatic rings. The third-order valence-electron chi connectivity index (χ3n) is 3.23. The summed E-state index contributed by atoms with van der Waals surface area (Å²) in [6.07, 6.45) is 2.15. The average molecular weight is 266 g/mol. The Morgan fingerprint density at radius 1 is 1.53 bits per heavy atom. The van der Waals surface area contributed by atoms with Crippen molar-refractivity contribution in [3.8, 4) is 5.75 Å². The van der Waals surface area contributed by atoms with Crippen LogP contribution in [0, 0.1) is 5.82 Å². The summed E-state index contributed by atoms with van der Waals surface area (Å²) >= 11 is 0. The van der Waals surface area contributed by atoms with E-state index in [1.165, 1.54) is 12.1 Å². The van der Waals surface area contributed by atoms with Gasteiger partial charge in [0.15, 0.2) is 6.61 Å². The minimum atomic E-state index is -0.306. The van der Waals surface area contributed by atoms with E-state index >= 15 is 0 Å². The van der Waals surface area contributed by atoms with E-state index in [0.717, 1.165) is 12.8 Å². The van der Waals surface area contributed by atoms with Gasteiger partial charge in [-0.3, -0.25) is 4.79 Å². The number of carbonyl (C=O) groups is 1. The molecule has 5 heteroatoms. The molecule has 0 aliphatic heterocycles. The van der Waals surface area contributed by atoms with Gasteiger partial charge in [0.05, 0.1) is 0 Å². The molecule has 0 saturated heterocycles. The van der Waals surface area contributed by atoms with Crippen LogP contribution >= 0.6 is 0 Å². The van der Waals surface area contributed by atoms with Crippen LogP contribution in [0.15, 0.2) is 18.2 Å². The lowest BCUT2D eigenvalue weighted by Gasteiger charge is -2.17. The van der Waals surface area contributed by atoms with Crippen molar-refractivity contribution in [1.82, 2.24) is 10.2 Å². The number of amides is 1. The first-order chi connectivity index (χ1) is 9.11. The van der Waals surface area contributed by atoms with Gasteiger partial charge in [-0.05, 0) is 38.1 Å². The van der Waals surface area contributed by atoms with Crippen molar-refractivity contribution in [2.24, 2.45) is 0 Å². The number of halogens is 1. The van der Waals surface area contributed by atoms with Crippen LogP contribution in [0.2, 0.25) is 0 Å². The molecule has 0 aromatic heterocycles. The molecule has 0 atom stereocenters. The van der Waals surface area contributed by atoms with Crippen molar-refractivity contribution in [2.75, 3.05) is 20.7 Å². The van der Waals surface area contributed by atoms with E-state index in [2.05, 4.69) is 5.32 Å². The van der Waals surface area contributed by atoms with Crippen LogP contribution in [0.5, 0.6) is 5.75 Å². The number of nitrogens with one attached hydrogen (secondary N) is 1. The van der Waals surface area contributed by atoms with E-state index in [1.807, 2.05) is 0 Å². The van der Waals surface area contributed by atoms with E-state index in [1.54, 1.807) is 25.1 Å². The summed E-state index contributed by atoms with van der Waals surface area (Å²) in [5.74, 6) is 0.203. The zero-order valence-corrected chi connectivity index (χ0v) is 11.3. The van der Waals surface area contributed by atoms with Crippen molar-refractivity contribution in [2.45, 2.75) is 25.4 Å². The van der Waals surface area contributed by atoms with Gasteiger partial charge in [-0.1, -0.05) is 0 Å². The molecule has 0 unspecified atom stereocenters. The maximum absolute atomic E-state index is 13.2. The summed E-state index contributed by atoms with van der Waals surface area (Å²) in [5, 5.41) is 2.95. The molecule has 4 nitrogen and oxygen atoms in total. The monoisotopic (exact) mass is 266 g/mol. The largest absolute Gasteiger partial charge is 0.483 e. The number of nitrogens with zero attached hydrogens (tertiary/aromatic N) is 1. The Morgan fingerprint density at radius 3 is 2.89 bits per heavy atom. The predicted molar refractivity (Wildman–Crippen MR) is 70.5 cm³/mol. The van der Waals surface area contributed by atoms with Crippen LogP contribution < -0.4 is 10.1 Å². The first kappa shape index (κ1) is 13.8. The molecular weight excluding hydrogens is 247 g/mol. The number of carbonyl (C=O) groups excluding carboxylic acids is 1. The molecule has 1 aliphatic carbocycles. The fourth-order valence-electron chi connectivity index (χ4n) is 1.92. The molecule has 0 radical (unpaired) electrons. The quantitative estimate of drug-likeness (QED) is 0.849. The number of rotatable bonds is 6. The fraction of sp³-hybridized carbons (Fsp3) is 0.500. The van der Waals surface area contributed by atoms with Crippen molar-refractivity contribution in [1.29, 1.82) is 0 Å². The first-order valence-corrected chi connectivity index (χ1v) is 6.43. The third-order valence-corrected chi connectivity index (χ3v) is 3.23.